The number of rotatable bonds is 10. The number of carboxylic acid groups (broad SMARTS) is 1. The number of carboxylic acids is 1. The molecule has 2 aromatic carbocycles. The number of hydrogen-bond donors (Lipinski definition) is 3. The van der Waals surface area contributed by atoms with Crippen molar-refractivity contribution in [1.82, 2.24) is 15.0 Å². The zero-order valence-electron chi connectivity index (χ0n) is 17.2. The van der Waals surface area contributed by atoms with Crippen LogP contribution in [0.4, 0.5) is 0 Å². The molecule has 0 unspecified atom stereocenters. The molecule has 0 bridgehead atoms. The minimum absolute atomic E-state index is 0.00796. The summed E-state index contributed by atoms with van der Waals surface area (Å²) >= 11 is 0. The van der Waals surface area contributed by atoms with Crippen LogP contribution in [-0.2, 0) is 21.4 Å². The van der Waals surface area contributed by atoms with Crippen LogP contribution in [0.2, 0.25) is 0 Å². The number of carbonyl (C=O) groups excluding carboxylic acids is 1. The molecule has 0 saturated carbocycles. The lowest BCUT2D eigenvalue weighted by Crippen LogP contribution is -2.38. The number of aliphatic carboxylic acids is 1. The van der Waals surface area contributed by atoms with E-state index in [4.69, 9.17) is 10.6 Å². The second-order valence-corrected chi connectivity index (χ2v) is 8.77. The molecule has 1 atom stereocenters. The van der Waals surface area contributed by atoms with E-state index in [9.17, 15) is 18.0 Å². The Labute approximate surface area is 189 Å². The third-order valence-corrected chi connectivity index (χ3v) is 6.12. The van der Waals surface area contributed by atoms with E-state index in [0.29, 0.717) is 16.5 Å². The van der Waals surface area contributed by atoms with Gasteiger partial charge >= 0.3 is 5.97 Å². The lowest BCUT2D eigenvalue weighted by molar-refractivity contribution is -0.137. The van der Waals surface area contributed by atoms with Crippen LogP contribution < -0.4 is 10.0 Å². The molecule has 0 saturated heterocycles. The fourth-order valence-corrected chi connectivity index (χ4v) is 4.29. The summed E-state index contributed by atoms with van der Waals surface area (Å²) < 4.78 is 28.1. The number of amides is 1. The summed E-state index contributed by atoms with van der Waals surface area (Å²) in [5.41, 5.74) is 9.64. The average Bonchev–Trinajstić information content (AvgIpc) is 2.80. The van der Waals surface area contributed by atoms with Gasteiger partial charge in [0.05, 0.1) is 11.9 Å². The Morgan fingerprint density at radius 1 is 1.12 bits per heavy atom. The van der Waals surface area contributed by atoms with Crippen molar-refractivity contribution in [2.45, 2.75) is 23.9 Å². The van der Waals surface area contributed by atoms with Crippen LogP contribution in [0, 0.1) is 0 Å². The lowest BCUT2D eigenvalue weighted by Gasteiger charge is -2.15. The van der Waals surface area contributed by atoms with Gasteiger partial charge in [0, 0.05) is 41.2 Å². The summed E-state index contributed by atoms with van der Waals surface area (Å²) in [6.45, 7) is -0.205. The van der Waals surface area contributed by atoms with Gasteiger partial charge in [-0.2, -0.15) is 0 Å². The van der Waals surface area contributed by atoms with Gasteiger partial charge in [-0.1, -0.05) is 35.4 Å². The average molecular weight is 468 g/mol. The Morgan fingerprint density at radius 2 is 1.85 bits per heavy atom. The molecule has 1 amide bonds. The van der Waals surface area contributed by atoms with Crippen LogP contribution in [0.5, 0.6) is 0 Å². The van der Waals surface area contributed by atoms with Gasteiger partial charge in [0.25, 0.3) is 5.91 Å². The minimum atomic E-state index is -3.83. The van der Waals surface area contributed by atoms with Gasteiger partial charge in [0.2, 0.25) is 10.0 Å². The Balaban J connectivity index is 1.67. The van der Waals surface area contributed by atoms with E-state index >= 15 is 0 Å². The third kappa shape index (κ3) is 6.26. The second-order valence-electron chi connectivity index (χ2n) is 7.03. The summed E-state index contributed by atoms with van der Waals surface area (Å²) in [7, 11) is -3.83. The SMILES string of the molecule is [N-]=[N+]=NC[C@H](CC(=O)O)NC(=O)c1ccc(CNS(=O)(=O)c2cccc3cccnc23)cc1. The van der Waals surface area contributed by atoms with Crippen molar-refractivity contribution in [3.63, 3.8) is 0 Å². The number of azide groups is 1. The first-order valence-corrected chi connectivity index (χ1v) is 11.2. The smallest absolute Gasteiger partial charge is 0.305 e. The first-order valence-electron chi connectivity index (χ1n) is 9.76. The number of benzene rings is 2. The number of fused-ring (bicyclic) bond motifs is 1. The van der Waals surface area contributed by atoms with E-state index in [1.54, 1.807) is 36.4 Å². The summed E-state index contributed by atoms with van der Waals surface area (Å²) in [5, 5.41) is 15.4. The van der Waals surface area contributed by atoms with Crippen LogP contribution in [0.1, 0.15) is 22.3 Å². The first kappa shape index (κ1) is 23.7. The topological polar surface area (TPSA) is 174 Å². The maximum absolute atomic E-state index is 12.8. The van der Waals surface area contributed by atoms with E-state index in [2.05, 4.69) is 25.0 Å². The number of carbonyl (C=O) groups is 2. The predicted octanol–water partition coefficient (Wildman–Crippen LogP) is 2.60. The van der Waals surface area contributed by atoms with Crippen molar-refractivity contribution in [3.8, 4) is 0 Å². The van der Waals surface area contributed by atoms with Crippen molar-refractivity contribution >= 4 is 32.8 Å². The largest absolute Gasteiger partial charge is 0.481 e. The Bertz CT molecular complexity index is 1310. The summed E-state index contributed by atoms with van der Waals surface area (Å²) in [5.74, 6) is -1.68. The highest BCUT2D eigenvalue weighted by Gasteiger charge is 2.19. The van der Waals surface area contributed by atoms with Crippen LogP contribution in [0.25, 0.3) is 21.3 Å². The molecule has 1 heterocycles. The normalized spacial score (nSPS) is 12.0. The van der Waals surface area contributed by atoms with Gasteiger partial charge in [-0.3, -0.25) is 14.6 Å². The Hall–Kier alpha value is -3.99. The summed E-state index contributed by atoms with van der Waals surface area (Å²) in [4.78, 5) is 30.1. The van der Waals surface area contributed by atoms with Crippen molar-refractivity contribution < 1.29 is 23.1 Å². The molecule has 0 aliphatic rings. The van der Waals surface area contributed by atoms with Crippen LogP contribution >= 0.6 is 0 Å². The van der Waals surface area contributed by atoms with Gasteiger partial charge in [-0.15, -0.1) is 0 Å². The lowest BCUT2D eigenvalue weighted by atomic mass is 10.1. The van der Waals surface area contributed by atoms with Gasteiger partial charge in [0.15, 0.2) is 0 Å². The van der Waals surface area contributed by atoms with E-state index in [-0.39, 0.29) is 23.5 Å². The van der Waals surface area contributed by atoms with Crippen LogP contribution in [0.3, 0.4) is 0 Å². The molecule has 3 aromatic rings. The molecule has 0 radical (unpaired) electrons. The van der Waals surface area contributed by atoms with Crippen LogP contribution in [-0.4, -0.2) is 43.0 Å². The zero-order valence-corrected chi connectivity index (χ0v) is 18.1. The number of aromatic nitrogens is 1. The summed E-state index contributed by atoms with van der Waals surface area (Å²) in [6, 6.07) is 13.7. The Kier molecular flexibility index (Phi) is 7.57. The number of nitrogens with zero attached hydrogens (tertiary/aromatic N) is 4. The van der Waals surface area contributed by atoms with Gasteiger partial charge in [0.1, 0.15) is 4.90 Å². The van der Waals surface area contributed by atoms with Crippen LogP contribution in [0.15, 0.2) is 70.8 Å². The quantitative estimate of drug-likeness (QED) is 0.234. The molecule has 1 aromatic heterocycles. The molecule has 33 heavy (non-hydrogen) atoms. The molecule has 3 rings (SSSR count). The van der Waals surface area contributed by atoms with E-state index in [0.717, 1.165) is 0 Å². The predicted molar refractivity (Wildman–Crippen MR) is 120 cm³/mol. The molecule has 0 aliphatic carbocycles. The fraction of sp³-hybridized carbons (Fsp3) is 0.190. The standard InChI is InChI=1S/C21H20N6O5S/c22-27-24-13-17(11-19(28)29)26-21(30)16-8-6-14(7-9-16)12-25-33(31,32)18-5-1-3-15-4-2-10-23-20(15)18/h1-10,17,25H,11-13H2,(H,26,30)(H,28,29)/t17-/m0/s1. The van der Waals surface area contributed by atoms with E-state index < -0.39 is 34.4 Å². The van der Waals surface area contributed by atoms with Crippen molar-refractivity contribution in [3.05, 3.63) is 82.4 Å². The highest BCUT2D eigenvalue weighted by Crippen LogP contribution is 2.20. The maximum Gasteiger partial charge on any atom is 0.305 e. The molecule has 0 aliphatic heterocycles. The van der Waals surface area contributed by atoms with Crippen molar-refractivity contribution in [2.75, 3.05) is 6.54 Å². The molecule has 3 N–H and O–H groups in total. The number of sulfonamides is 1. The Morgan fingerprint density at radius 3 is 2.55 bits per heavy atom. The van der Waals surface area contributed by atoms with Gasteiger partial charge in [-0.25, -0.2) is 13.1 Å². The zero-order chi connectivity index (χ0) is 23.8. The molecule has 0 fully saturated rings. The van der Waals surface area contributed by atoms with E-state index in [1.807, 2.05) is 0 Å². The second kappa shape index (κ2) is 10.6. The highest BCUT2D eigenvalue weighted by molar-refractivity contribution is 7.89. The molecular weight excluding hydrogens is 448 g/mol. The monoisotopic (exact) mass is 468 g/mol. The third-order valence-electron chi connectivity index (χ3n) is 4.69. The molecule has 12 heteroatoms. The minimum Gasteiger partial charge on any atom is -0.481 e. The van der Waals surface area contributed by atoms with Gasteiger partial charge in [-0.05, 0) is 35.4 Å². The van der Waals surface area contributed by atoms with Gasteiger partial charge < -0.3 is 10.4 Å². The van der Waals surface area contributed by atoms with Crippen molar-refractivity contribution in [2.24, 2.45) is 5.11 Å². The number of pyridine rings is 1. The molecule has 170 valence electrons. The maximum atomic E-state index is 12.8. The molecular formula is C21H20N6O5S. The highest BCUT2D eigenvalue weighted by atomic mass is 32.2. The molecule has 11 nitrogen and oxygen atoms in total. The van der Waals surface area contributed by atoms with Crippen molar-refractivity contribution in [1.29, 1.82) is 0 Å². The number of hydrogen-bond acceptors (Lipinski definition) is 6. The number of nitrogens with one attached hydrogen (secondary N) is 2. The molecule has 0 spiro atoms. The first-order chi connectivity index (χ1) is 15.8. The van der Waals surface area contributed by atoms with E-state index in [1.165, 1.54) is 24.4 Å². The summed E-state index contributed by atoms with van der Waals surface area (Å²) in [6.07, 6.45) is 1.13. The fourth-order valence-electron chi connectivity index (χ4n) is 3.10. The number of para-hydroxylation sites is 1.